The second-order valence-corrected chi connectivity index (χ2v) is 5.79. The molecule has 0 spiro atoms. The molecule has 1 aliphatic rings. The number of rotatable bonds is 6. The van der Waals surface area contributed by atoms with Crippen molar-refractivity contribution in [1.82, 2.24) is 5.32 Å². The normalized spacial score (nSPS) is 23.1. The summed E-state index contributed by atoms with van der Waals surface area (Å²) in [5, 5.41) is 3.63. The zero-order valence-corrected chi connectivity index (χ0v) is 12.7. The highest BCUT2D eigenvalue weighted by molar-refractivity contribution is 5.31. The molecule has 0 amide bonds. The minimum atomic E-state index is 0.680. The fourth-order valence-electron chi connectivity index (χ4n) is 2.80. The highest BCUT2D eigenvalue weighted by Crippen LogP contribution is 2.22. The van der Waals surface area contributed by atoms with Crippen LogP contribution in [0.15, 0.2) is 24.3 Å². The number of benzene rings is 1. The van der Waals surface area contributed by atoms with E-state index in [9.17, 15) is 0 Å². The predicted molar refractivity (Wildman–Crippen MR) is 82.5 cm³/mol. The molecule has 1 aliphatic carbocycles. The van der Waals surface area contributed by atoms with Gasteiger partial charge in [0.05, 0.1) is 7.11 Å². The first-order valence-electron chi connectivity index (χ1n) is 7.78. The minimum absolute atomic E-state index is 0.680. The summed E-state index contributed by atoms with van der Waals surface area (Å²) in [6, 6.07) is 8.43. The van der Waals surface area contributed by atoms with E-state index < -0.39 is 0 Å². The first kappa shape index (κ1) is 15.2. The van der Waals surface area contributed by atoms with E-state index in [2.05, 4.69) is 12.2 Å². The molecule has 1 aromatic carbocycles. The van der Waals surface area contributed by atoms with Crippen LogP contribution in [0, 0.1) is 5.92 Å². The highest BCUT2D eigenvalue weighted by Gasteiger charge is 2.15. The smallest absolute Gasteiger partial charge is 0.119 e. The maximum Gasteiger partial charge on any atom is 0.119 e. The number of methoxy groups -OCH3 is 1. The van der Waals surface area contributed by atoms with Gasteiger partial charge in [0.15, 0.2) is 0 Å². The van der Waals surface area contributed by atoms with Crippen LogP contribution in [0.25, 0.3) is 0 Å². The lowest BCUT2D eigenvalue weighted by atomic mass is 10.0. The molecule has 0 aliphatic heterocycles. The molecule has 0 bridgehead atoms. The molecule has 1 fully saturated rings. The number of hydrogen-bond donors (Lipinski definition) is 1. The van der Waals surface area contributed by atoms with Gasteiger partial charge in [-0.1, -0.05) is 19.8 Å². The average Bonchev–Trinajstić information content (AvgIpc) is 2.69. The Hall–Kier alpha value is -1.22. The van der Waals surface area contributed by atoms with Crippen LogP contribution in [0.3, 0.4) is 0 Å². The summed E-state index contributed by atoms with van der Waals surface area (Å²) in [5.41, 5.74) is 0. The summed E-state index contributed by atoms with van der Waals surface area (Å²) < 4.78 is 10.9. The molecule has 0 saturated heterocycles. The van der Waals surface area contributed by atoms with Gasteiger partial charge >= 0.3 is 0 Å². The van der Waals surface area contributed by atoms with Crippen LogP contribution in [-0.2, 0) is 0 Å². The Morgan fingerprint density at radius 3 is 2.55 bits per heavy atom. The van der Waals surface area contributed by atoms with Gasteiger partial charge in [0.25, 0.3) is 0 Å². The van der Waals surface area contributed by atoms with Gasteiger partial charge < -0.3 is 14.8 Å². The molecule has 3 nitrogen and oxygen atoms in total. The topological polar surface area (TPSA) is 30.5 Å². The number of ether oxygens (including phenoxy) is 2. The van der Waals surface area contributed by atoms with E-state index >= 15 is 0 Å². The Morgan fingerprint density at radius 1 is 1.05 bits per heavy atom. The molecule has 2 atom stereocenters. The summed E-state index contributed by atoms with van der Waals surface area (Å²) in [4.78, 5) is 0. The van der Waals surface area contributed by atoms with Gasteiger partial charge in [-0.05, 0) is 49.4 Å². The van der Waals surface area contributed by atoms with Crippen LogP contribution in [0.1, 0.15) is 39.0 Å². The molecule has 112 valence electrons. The summed E-state index contributed by atoms with van der Waals surface area (Å²) in [6.45, 7) is 4.01. The molecule has 0 radical (unpaired) electrons. The molecule has 0 heterocycles. The van der Waals surface area contributed by atoms with Crippen LogP contribution >= 0.6 is 0 Å². The number of nitrogens with one attached hydrogen (secondary N) is 1. The SMILES string of the molecule is COc1ccc(OCCNC2CCCC(C)CC2)cc1. The third-order valence-electron chi connectivity index (χ3n) is 4.12. The van der Waals surface area contributed by atoms with Crippen LogP contribution in [0.4, 0.5) is 0 Å². The van der Waals surface area contributed by atoms with Crippen LogP contribution in [-0.4, -0.2) is 26.3 Å². The van der Waals surface area contributed by atoms with E-state index in [1.807, 2.05) is 24.3 Å². The van der Waals surface area contributed by atoms with Gasteiger partial charge in [-0.25, -0.2) is 0 Å². The van der Waals surface area contributed by atoms with Crippen molar-refractivity contribution in [2.75, 3.05) is 20.3 Å². The minimum Gasteiger partial charge on any atom is -0.497 e. The molecule has 20 heavy (non-hydrogen) atoms. The van der Waals surface area contributed by atoms with Gasteiger partial charge in [-0.2, -0.15) is 0 Å². The molecule has 2 rings (SSSR count). The van der Waals surface area contributed by atoms with Gasteiger partial charge in [0.2, 0.25) is 0 Å². The molecule has 1 N–H and O–H groups in total. The Bertz CT molecular complexity index is 377. The van der Waals surface area contributed by atoms with E-state index in [1.54, 1.807) is 7.11 Å². The lowest BCUT2D eigenvalue weighted by Crippen LogP contribution is -2.32. The Balaban J connectivity index is 1.63. The maximum atomic E-state index is 5.73. The highest BCUT2D eigenvalue weighted by atomic mass is 16.5. The zero-order valence-electron chi connectivity index (χ0n) is 12.7. The zero-order chi connectivity index (χ0) is 14.2. The van der Waals surface area contributed by atoms with E-state index in [0.29, 0.717) is 6.04 Å². The first-order valence-corrected chi connectivity index (χ1v) is 7.78. The molecular formula is C17H27NO2. The molecule has 1 saturated carbocycles. The fraction of sp³-hybridized carbons (Fsp3) is 0.647. The van der Waals surface area contributed by atoms with Crippen LogP contribution in [0.5, 0.6) is 11.5 Å². The van der Waals surface area contributed by atoms with E-state index in [-0.39, 0.29) is 0 Å². The van der Waals surface area contributed by atoms with Crippen LogP contribution in [0.2, 0.25) is 0 Å². The Kier molecular flexibility index (Phi) is 6.19. The van der Waals surface area contributed by atoms with Crippen molar-refractivity contribution in [2.45, 2.75) is 45.1 Å². The largest absolute Gasteiger partial charge is 0.497 e. The third kappa shape index (κ3) is 5.04. The van der Waals surface area contributed by atoms with Crippen LogP contribution < -0.4 is 14.8 Å². The first-order chi connectivity index (χ1) is 9.78. The van der Waals surface area contributed by atoms with Crippen molar-refractivity contribution < 1.29 is 9.47 Å². The Labute approximate surface area is 122 Å². The number of hydrogen-bond acceptors (Lipinski definition) is 3. The lowest BCUT2D eigenvalue weighted by molar-refractivity contribution is 0.299. The van der Waals surface area contributed by atoms with Crippen molar-refractivity contribution in [3.8, 4) is 11.5 Å². The summed E-state index contributed by atoms with van der Waals surface area (Å²) in [7, 11) is 1.67. The van der Waals surface area contributed by atoms with Gasteiger partial charge in [0.1, 0.15) is 18.1 Å². The van der Waals surface area contributed by atoms with Crippen molar-refractivity contribution in [1.29, 1.82) is 0 Å². The van der Waals surface area contributed by atoms with E-state index in [1.165, 1.54) is 32.1 Å². The summed E-state index contributed by atoms with van der Waals surface area (Å²) in [6.07, 6.45) is 6.73. The Morgan fingerprint density at radius 2 is 1.80 bits per heavy atom. The summed E-state index contributed by atoms with van der Waals surface area (Å²) >= 11 is 0. The van der Waals surface area contributed by atoms with Crippen molar-refractivity contribution in [2.24, 2.45) is 5.92 Å². The molecule has 2 unspecified atom stereocenters. The molecular weight excluding hydrogens is 250 g/mol. The fourth-order valence-corrected chi connectivity index (χ4v) is 2.80. The summed E-state index contributed by atoms with van der Waals surface area (Å²) in [5.74, 6) is 2.67. The standard InChI is InChI=1S/C17H27NO2/c1-14-4-3-5-15(7-6-14)18-12-13-20-17-10-8-16(19-2)9-11-17/h8-11,14-15,18H,3-7,12-13H2,1-2H3. The van der Waals surface area contributed by atoms with Gasteiger partial charge in [0, 0.05) is 12.6 Å². The van der Waals surface area contributed by atoms with Crippen molar-refractivity contribution in [3.63, 3.8) is 0 Å². The maximum absolute atomic E-state index is 5.73. The van der Waals surface area contributed by atoms with Crippen molar-refractivity contribution >= 4 is 0 Å². The second-order valence-electron chi connectivity index (χ2n) is 5.79. The second kappa shape index (κ2) is 8.15. The van der Waals surface area contributed by atoms with E-state index in [0.717, 1.165) is 30.6 Å². The monoisotopic (exact) mass is 277 g/mol. The molecule has 1 aromatic rings. The van der Waals surface area contributed by atoms with Crippen molar-refractivity contribution in [3.05, 3.63) is 24.3 Å². The van der Waals surface area contributed by atoms with Gasteiger partial charge in [-0.3, -0.25) is 0 Å². The molecule has 0 aromatic heterocycles. The lowest BCUT2D eigenvalue weighted by Gasteiger charge is -2.16. The third-order valence-corrected chi connectivity index (χ3v) is 4.12. The quantitative estimate of drug-likeness (QED) is 0.636. The van der Waals surface area contributed by atoms with E-state index in [4.69, 9.17) is 9.47 Å². The average molecular weight is 277 g/mol. The predicted octanol–water partition coefficient (Wildman–Crippen LogP) is 3.63. The van der Waals surface area contributed by atoms with Gasteiger partial charge in [-0.15, -0.1) is 0 Å². The molecule has 3 heteroatoms.